The number of anilines is 3. The van der Waals surface area contributed by atoms with E-state index in [4.69, 9.17) is 22.1 Å². The van der Waals surface area contributed by atoms with Gasteiger partial charge in [0.25, 0.3) is 0 Å². The van der Waals surface area contributed by atoms with Crippen molar-refractivity contribution in [3.05, 3.63) is 108 Å². The average Bonchev–Trinajstić information content (AvgIpc) is 2.96. The third-order valence-electron chi connectivity index (χ3n) is 5.83. The fourth-order valence-corrected chi connectivity index (χ4v) is 4.06. The molecule has 5 rings (SSSR count). The highest BCUT2D eigenvalue weighted by atomic mass is 35.5. The summed E-state index contributed by atoms with van der Waals surface area (Å²) >= 11 is 6.02. The topological polar surface area (TPSA) is 115 Å². The number of aromatic nitrogens is 3. The van der Waals surface area contributed by atoms with E-state index in [1.165, 1.54) is 36.9 Å². The van der Waals surface area contributed by atoms with Crippen molar-refractivity contribution >= 4 is 34.8 Å². The third-order valence-corrected chi connectivity index (χ3v) is 6.04. The molecule has 0 fully saturated rings. The van der Waals surface area contributed by atoms with Crippen LogP contribution in [0.15, 0.2) is 97.6 Å². The number of alkyl halides is 3. The molecule has 0 aliphatic heterocycles. The molecule has 2 amide bonds. The molecule has 0 unspecified atom stereocenters. The van der Waals surface area contributed by atoms with Crippen molar-refractivity contribution in [2.45, 2.75) is 6.18 Å². The van der Waals surface area contributed by atoms with Crippen molar-refractivity contribution in [3.63, 3.8) is 0 Å². The molecule has 3 aromatic heterocycles. The van der Waals surface area contributed by atoms with Gasteiger partial charge in [0.2, 0.25) is 5.88 Å². The molecule has 0 saturated carbocycles. The Morgan fingerprint density at radius 1 is 0.854 bits per heavy atom. The SMILES string of the molecule is Nc1ncc(Cl)cc1-c1ccc(Oc2ccc(NC(=O)Nc3cc(C(F)(F)F)ccc3-c3cccnc3)cn2)cc1. The molecule has 0 atom stereocenters. The van der Waals surface area contributed by atoms with Gasteiger partial charge in [-0.1, -0.05) is 35.9 Å². The van der Waals surface area contributed by atoms with Gasteiger partial charge in [-0.2, -0.15) is 13.2 Å². The number of amides is 2. The van der Waals surface area contributed by atoms with Crippen LogP contribution in [-0.4, -0.2) is 21.0 Å². The molecule has 8 nitrogen and oxygen atoms in total. The van der Waals surface area contributed by atoms with E-state index in [-0.39, 0.29) is 11.6 Å². The van der Waals surface area contributed by atoms with Crippen LogP contribution in [0.4, 0.5) is 35.2 Å². The van der Waals surface area contributed by atoms with Gasteiger partial charge in [0.15, 0.2) is 0 Å². The van der Waals surface area contributed by atoms with Gasteiger partial charge in [0, 0.05) is 41.3 Å². The summed E-state index contributed by atoms with van der Waals surface area (Å²) in [5, 5.41) is 5.52. The summed E-state index contributed by atoms with van der Waals surface area (Å²) in [5.74, 6) is 1.10. The summed E-state index contributed by atoms with van der Waals surface area (Å²) in [4.78, 5) is 24.9. The third kappa shape index (κ3) is 6.71. The van der Waals surface area contributed by atoms with E-state index in [1.807, 2.05) is 0 Å². The van der Waals surface area contributed by atoms with Crippen LogP contribution >= 0.6 is 11.6 Å². The van der Waals surface area contributed by atoms with Crippen molar-refractivity contribution in [2.75, 3.05) is 16.4 Å². The molecular weight excluding hydrogens is 557 g/mol. The summed E-state index contributed by atoms with van der Waals surface area (Å²) in [5.41, 5.74) is 7.72. The highest BCUT2D eigenvalue weighted by Gasteiger charge is 2.31. The fourth-order valence-electron chi connectivity index (χ4n) is 3.90. The molecule has 3 heterocycles. The first-order valence-corrected chi connectivity index (χ1v) is 12.4. The Balaban J connectivity index is 1.26. The van der Waals surface area contributed by atoms with Crippen LogP contribution in [0.1, 0.15) is 5.56 Å². The second-order valence-electron chi connectivity index (χ2n) is 8.68. The largest absolute Gasteiger partial charge is 0.439 e. The Morgan fingerprint density at radius 3 is 2.34 bits per heavy atom. The Kier molecular flexibility index (Phi) is 7.70. The van der Waals surface area contributed by atoms with Crippen molar-refractivity contribution in [2.24, 2.45) is 0 Å². The predicted octanol–water partition coefficient (Wildman–Crippen LogP) is 7.90. The highest BCUT2D eigenvalue weighted by molar-refractivity contribution is 6.30. The smallest absolute Gasteiger partial charge is 0.416 e. The van der Waals surface area contributed by atoms with Crippen LogP contribution in [-0.2, 0) is 6.18 Å². The van der Waals surface area contributed by atoms with Gasteiger partial charge in [0.1, 0.15) is 11.6 Å². The standard InChI is InChI=1S/C29H20ClF3N6O2/c30-20-13-24(27(34)37-15-20)17-3-7-22(8-4-17)41-26-10-6-21(16-36-26)38-28(40)39-25-12-19(29(31,32)33)5-9-23(25)18-2-1-11-35-14-18/h1-16H,(H2,34,37)(H2,38,39,40). The normalized spacial score (nSPS) is 11.1. The number of pyridine rings is 3. The maximum Gasteiger partial charge on any atom is 0.416 e. The van der Waals surface area contributed by atoms with Crippen LogP contribution < -0.4 is 21.1 Å². The van der Waals surface area contributed by atoms with E-state index in [2.05, 4.69) is 25.6 Å². The number of nitrogens with two attached hydrogens (primary N) is 1. The first-order valence-electron chi connectivity index (χ1n) is 12.0. The van der Waals surface area contributed by atoms with Crippen LogP contribution in [0, 0.1) is 0 Å². The second-order valence-corrected chi connectivity index (χ2v) is 9.11. The zero-order valence-electron chi connectivity index (χ0n) is 21.0. The number of urea groups is 1. The van der Waals surface area contributed by atoms with Crippen LogP contribution in [0.2, 0.25) is 5.02 Å². The number of carbonyl (C=O) groups excluding carboxylic acids is 1. The molecule has 5 aromatic rings. The van der Waals surface area contributed by atoms with E-state index in [0.29, 0.717) is 39.0 Å². The van der Waals surface area contributed by atoms with Gasteiger partial charge >= 0.3 is 12.2 Å². The van der Waals surface area contributed by atoms with Crippen LogP contribution in [0.25, 0.3) is 22.3 Å². The van der Waals surface area contributed by atoms with Gasteiger partial charge in [0.05, 0.1) is 28.2 Å². The molecule has 0 radical (unpaired) electrons. The van der Waals surface area contributed by atoms with E-state index in [0.717, 1.165) is 17.7 Å². The van der Waals surface area contributed by atoms with Gasteiger partial charge in [-0.15, -0.1) is 0 Å². The molecule has 0 aliphatic carbocycles. The lowest BCUT2D eigenvalue weighted by Gasteiger charge is -2.15. The Morgan fingerprint density at radius 2 is 1.66 bits per heavy atom. The minimum atomic E-state index is -4.58. The van der Waals surface area contributed by atoms with Gasteiger partial charge in [-0.3, -0.25) is 4.98 Å². The number of carbonyl (C=O) groups is 1. The summed E-state index contributed by atoms with van der Waals surface area (Å²) in [6, 6.07) is 17.5. The molecule has 4 N–H and O–H groups in total. The number of nitrogens with one attached hydrogen (secondary N) is 2. The number of rotatable bonds is 6. The first kappa shape index (κ1) is 27.4. The minimum Gasteiger partial charge on any atom is -0.439 e. The maximum absolute atomic E-state index is 13.3. The maximum atomic E-state index is 13.3. The average molecular weight is 577 g/mol. The zero-order valence-corrected chi connectivity index (χ0v) is 21.7. The number of hydrogen-bond donors (Lipinski definition) is 3. The molecule has 12 heteroatoms. The summed E-state index contributed by atoms with van der Waals surface area (Å²) < 4.78 is 45.8. The molecule has 0 saturated heterocycles. The van der Waals surface area contributed by atoms with E-state index in [1.54, 1.807) is 48.5 Å². The Hall–Kier alpha value is -5.16. The minimum absolute atomic E-state index is 0.0306. The Labute approximate surface area is 237 Å². The molecular formula is C29H20ClF3N6O2. The molecule has 0 aliphatic rings. The molecule has 2 aromatic carbocycles. The lowest BCUT2D eigenvalue weighted by molar-refractivity contribution is -0.137. The van der Waals surface area contributed by atoms with Gasteiger partial charge in [-0.05, 0) is 48.0 Å². The lowest BCUT2D eigenvalue weighted by Crippen LogP contribution is -2.20. The van der Waals surface area contributed by atoms with Crippen molar-refractivity contribution in [3.8, 4) is 33.9 Å². The number of hydrogen-bond acceptors (Lipinski definition) is 6. The zero-order chi connectivity index (χ0) is 29.0. The number of halogens is 4. The first-order chi connectivity index (χ1) is 19.7. The lowest BCUT2D eigenvalue weighted by atomic mass is 10.0. The predicted molar refractivity (Wildman–Crippen MR) is 151 cm³/mol. The Bertz CT molecular complexity index is 1680. The second kappa shape index (κ2) is 11.5. The van der Waals surface area contributed by atoms with Crippen LogP contribution in [0.3, 0.4) is 0 Å². The molecule has 41 heavy (non-hydrogen) atoms. The van der Waals surface area contributed by atoms with Gasteiger partial charge in [-0.25, -0.2) is 14.8 Å². The summed E-state index contributed by atoms with van der Waals surface area (Å²) in [6.45, 7) is 0. The highest BCUT2D eigenvalue weighted by Crippen LogP contribution is 2.36. The van der Waals surface area contributed by atoms with Crippen molar-refractivity contribution in [1.29, 1.82) is 0 Å². The monoisotopic (exact) mass is 576 g/mol. The summed E-state index contributed by atoms with van der Waals surface area (Å²) in [7, 11) is 0. The van der Waals surface area contributed by atoms with E-state index in [9.17, 15) is 18.0 Å². The van der Waals surface area contributed by atoms with Gasteiger partial charge < -0.3 is 21.1 Å². The van der Waals surface area contributed by atoms with E-state index < -0.39 is 17.8 Å². The van der Waals surface area contributed by atoms with Crippen molar-refractivity contribution < 1.29 is 22.7 Å². The quantitative estimate of drug-likeness (QED) is 0.189. The van der Waals surface area contributed by atoms with E-state index >= 15 is 0 Å². The van der Waals surface area contributed by atoms with Crippen molar-refractivity contribution in [1.82, 2.24) is 15.0 Å². The number of ether oxygens (including phenoxy) is 1. The molecule has 0 spiro atoms. The number of benzene rings is 2. The molecule has 0 bridgehead atoms. The number of nitrogen functional groups attached to an aromatic ring is 1. The fraction of sp³-hybridized carbons (Fsp3) is 0.0345. The summed E-state index contributed by atoms with van der Waals surface area (Å²) in [6.07, 6.45) is 1.27. The number of nitrogens with zero attached hydrogens (tertiary/aromatic N) is 3. The van der Waals surface area contributed by atoms with Crippen LogP contribution in [0.5, 0.6) is 11.6 Å². The molecule has 206 valence electrons.